The van der Waals surface area contributed by atoms with Gasteiger partial charge in [0.15, 0.2) is 0 Å². The molecular weight excluding hydrogens is 469 g/mol. The maximum Gasteiger partial charge on any atom is 0.325 e. The molecule has 3 heterocycles. The first-order valence-corrected chi connectivity index (χ1v) is 11.9. The Morgan fingerprint density at radius 3 is 2.66 bits per heavy atom. The highest BCUT2D eigenvalue weighted by atomic mass is 32.1. The number of hydrogen-bond acceptors (Lipinski definition) is 6. The number of nitrogens with zero attached hydrogens (tertiary/aromatic N) is 4. The summed E-state index contributed by atoms with van der Waals surface area (Å²) in [5.74, 6) is 0.117. The van der Waals surface area contributed by atoms with Crippen molar-refractivity contribution in [3.63, 3.8) is 0 Å². The molecule has 2 aromatic carbocycles. The lowest BCUT2D eigenvalue weighted by Gasteiger charge is -2.17. The summed E-state index contributed by atoms with van der Waals surface area (Å²) in [6.07, 6.45) is 0. The van der Waals surface area contributed by atoms with E-state index in [-0.39, 0.29) is 24.3 Å². The fraction of sp³-hybridized carbons (Fsp3) is 0.200. The third-order valence-corrected chi connectivity index (χ3v) is 6.91. The molecule has 1 fully saturated rings. The number of hydrogen-bond donors (Lipinski definition) is 1. The third kappa shape index (κ3) is 4.92. The highest BCUT2D eigenvalue weighted by molar-refractivity contribution is 7.18. The zero-order chi connectivity index (χ0) is 24.4. The molecule has 10 heteroatoms. The largest absolute Gasteiger partial charge is 0.419 e. The van der Waals surface area contributed by atoms with Crippen LogP contribution in [0.25, 0.3) is 11.5 Å². The minimum atomic E-state index is -0.307. The Bertz CT molecular complexity index is 1350. The van der Waals surface area contributed by atoms with Crippen molar-refractivity contribution in [2.75, 3.05) is 18.0 Å². The molecule has 0 atom stereocenters. The van der Waals surface area contributed by atoms with Gasteiger partial charge in [-0.3, -0.25) is 9.69 Å². The summed E-state index contributed by atoms with van der Waals surface area (Å²) in [7, 11) is 0. The zero-order valence-corrected chi connectivity index (χ0v) is 19.7. The van der Waals surface area contributed by atoms with Gasteiger partial charge in [0.25, 0.3) is 5.91 Å². The lowest BCUT2D eigenvalue weighted by molar-refractivity contribution is 0.0951. The fourth-order valence-electron chi connectivity index (χ4n) is 3.83. The van der Waals surface area contributed by atoms with Gasteiger partial charge < -0.3 is 14.6 Å². The monoisotopic (exact) mass is 491 g/mol. The van der Waals surface area contributed by atoms with E-state index < -0.39 is 0 Å². The molecule has 1 N–H and O–H groups in total. The summed E-state index contributed by atoms with van der Waals surface area (Å²) in [5.41, 5.74) is 2.45. The Morgan fingerprint density at radius 1 is 1.11 bits per heavy atom. The summed E-state index contributed by atoms with van der Waals surface area (Å²) >= 11 is 1.27. The second-order valence-electron chi connectivity index (χ2n) is 8.13. The van der Waals surface area contributed by atoms with Crippen molar-refractivity contribution in [3.05, 3.63) is 88.4 Å². The van der Waals surface area contributed by atoms with Crippen LogP contribution in [0.1, 0.15) is 26.7 Å². The number of carbonyl (C=O) groups is 2. The summed E-state index contributed by atoms with van der Waals surface area (Å²) < 4.78 is 18.8. The maximum absolute atomic E-state index is 13.2. The van der Waals surface area contributed by atoms with Crippen LogP contribution in [0.3, 0.4) is 0 Å². The van der Waals surface area contributed by atoms with Crippen LogP contribution in [0.4, 0.5) is 14.2 Å². The average molecular weight is 492 g/mol. The third-order valence-electron chi connectivity index (χ3n) is 5.65. The van der Waals surface area contributed by atoms with Crippen molar-refractivity contribution in [2.24, 2.45) is 0 Å². The number of nitrogens with one attached hydrogen (secondary N) is 1. The number of thiophene rings is 1. The molecule has 4 aromatic rings. The summed E-state index contributed by atoms with van der Waals surface area (Å²) in [6, 6.07) is 17.2. The van der Waals surface area contributed by atoms with Gasteiger partial charge in [-0.25, -0.2) is 9.18 Å². The predicted molar refractivity (Wildman–Crippen MR) is 130 cm³/mol. The summed E-state index contributed by atoms with van der Waals surface area (Å²) in [6.45, 7) is 3.41. The van der Waals surface area contributed by atoms with Gasteiger partial charge in [0, 0.05) is 25.2 Å². The highest BCUT2D eigenvalue weighted by Gasteiger charge is 2.31. The first-order chi connectivity index (χ1) is 17.0. The smallest absolute Gasteiger partial charge is 0.325 e. The lowest BCUT2D eigenvalue weighted by atomic mass is 10.2. The number of rotatable bonds is 7. The fourth-order valence-corrected chi connectivity index (χ4v) is 4.94. The number of benzene rings is 2. The molecule has 2 aromatic heterocycles. The molecule has 0 saturated carbocycles. The van der Waals surface area contributed by atoms with Crippen molar-refractivity contribution >= 4 is 28.3 Å². The van der Waals surface area contributed by atoms with Gasteiger partial charge >= 0.3 is 6.03 Å². The minimum Gasteiger partial charge on any atom is -0.419 e. The first-order valence-electron chi connectivity index (χ1n) is 11.1. The van der Waals surface area contributed by atoms with Gasteiger partial charge in [0.1, 0.15) is 10.8 Å². The highest BCUT2D eigenvalue weighted by Crippen LogP contribution is 2.32. The molecule has 0 spiro atoms. The molecule has 1 aliphatic heterocycles. The lowest BCUT2D eigenvalue weighted by Crippen LogP contribution is -2.31. The van der Waals surface area contributed by atoms with Gasteiger partial charge in [0.2, 0.25) is 11.8 Å². The second kappa shape index (κ2) is 9.67. The van der Waals surface area contributed by atoms with E-state index in [0.29, 0.717) is 41.3 Å². The van der Waals surface area contributed by atoms with Crippen LogP contribution in [0.5, 0.6) is 0 Å². The van der Waals surface area contributed by atoms with Gasteiger partial charge in [-0.05, 0) is 48.4 Å². The molecule has 0 radical (unpaired) electrons. The summed E-state index contributed by atoms with van der Waals surface area (Å²) in [4.78, 5) is 29.7. The maximum atomic E-state index is 13.2. The Morgan fingerprint density at radius 2 is 1.89 bits per heavy atom. The van der Waals surface area contributed by atoms with Crippen molar-refractivity contribution < 1.29 is 18.4 Å². The topological polar surface area (TPSA) is 91.6 Å². The number of aromatic nitrogens is 2. The number of amides is 3. The molecule has 0 aliphatic carbocycles. The molecule has 178 valence electrons. The van der Waals surface area contributed by atoms with Gasteiger partial charge in [0.05, 0.1) is 11.4 Å². The van der Waals surface area contributed by atoms with Gasteiger partial charge in [-0.1, -0.05) is 30.3 Å². The number of urea groups is 1. The molecular formula is C25H22FN5O3S. The summed E-state index contributed by atoms with van der Waals surface area (Å²) in [5, 5.41) is 11.6. The van der Waals surface area contributed by atoms with Gasteiger partial charge in [-0.15, -0.1) is 21.5 Å². The van der Waals surface area contributed by atoms with Crippen molar-refractivity contribution in [2.45, 2.75) is 20.0 Å². The Hall–Kier alpha value is -4.05. The Labute approximate surface area is 205 Å². The van der Waals surface area contributed by atoms with Crippen LogP contribution >= 0.6 is 11.3 Å². The molecule has 35 heavy (non-hydrogen) atoms. The van der Waals surface area contributed by atoms with E-state index in [1.807, 2.05) is 43.3 Å². The van der Waals surface area contributed by atoms with E-state index in [0.717, 1.165) is 16.7 Å². The Kier molecular flexibility index (Phi) is 6.28. The van der Waals surface area contributed by atoms with Crippen LogP contribution < -0.4 is 10.2 Å². The standard InChI is InChI=1S/C25H22FN5O3S/c1-16-13-21(31-12-11-30(25(31)33)15-17-7-9-19(26)10-8-17)35-22(16)23(32)27-14-20-28-29-24(34-20)18-5-3-2-4-6-18/h2-10,13H,11-12,14-15H2,1H3,(H,27,32). The van der Waals surface area contributed by atoms with Crippen molar-refractivity contribution in [3.8, 4) is 11.5 Å². The predicted octanol–water partition coefficient (Wildman–Crippen LogP) is 4.62. The number of halogens is 1. The normalized spacial score (nSPS) is 13.5. The molecule has 1 saturated heterocycles. The van der Waals surface area contributed by atoms with Crippen molar-refractivity contribution in [1.82, 2.24) is 20.4 Å². The second-order valence-corrected chi connectivity index (χ2v) is 9.16. The quantitative estimate of drug-likeness (QED) is 0.407. The molecule has 5 rings (SSSR count). The van der Waals surface area contributed by atoms with E-state index in [4.69, 9.17) is 4.42 Å². The van der Waals surface area contributed by atoms with Crippen LogP contribution in [0.15, 0.2) is 65.1 Å². The molecule has 3 amide bonds. The van der Waals surface area contributed by atoms with E-state index in [1.165, 1.54) is 23.5 Å². The molecule has 0 unspecified atom stereocenters. The molecule has 1 aliphatic rings. The Balaban J connectivity index is 1.21. The van der Waals surface area contributed by atoms with Gasteiger partial charge in [-0.2, -0.15) is 0 Å². The molecule has 8 nitrogen and oxygen atoms in total. The zero-order valence-electron chi connectivity index (χ0n) is 18.9. The first kappa shape index (κ1) is 22.7. The van der Waals surface area contributed by atoms with Crippen molar-refractivity contribution in [1.29, 1.82) is 0 Å². The SMILES string of the molecule is Cc1cc(N2CCN(Cc3ccc(F)cc3)C2=O)sc1C(=O)NCc1nnc(-c2ccccc2)o1. The van der Waals surface area contributed by atoms with Crippen LogP contribution in [-0.4, -0.2) is 40.1 Å². The number of anilines is 1. The van der Waals surface area contributed by atoms with E-state index in [9.17, 15) is 14.0 Å². The van der Waals surface area contributed by atoms with Crippen LogP contribution in [0.2, 0.25) is 0 Å². The van der Waals surface area contributed by atoms with Crippen LogP contribution in [0, 0.1) is 12.7 Å². The minimum absolute atomic E-state index is 0.0967. The molecule has 0 bridgehead atoms. The average Bonchev–Trinajstić information content (AvgIpc) is 3.59. The van der Waals surface area contributed by atoms with E-state index in [2.05, 4.69) is 15.5 Å². The van der Waals surface area contributed by atoms with Crippen LogP contribution in [-0.2, 0) is 13.1 Å². The number of aryl methyl sites for hydroxylation is 1. The number of carbonyl (C=O) groups excluding carboxylic acids is 2. The van der Waals surface area contributed by atoms with E-state index in [1.54, 1.807) is 21.9 Å². The van der Waals surface area contributed by atoms with E-state index >= 15 is 0 Å².